The number of piperidine rings is 1. The topological polar surface area (TPSA) is 101 Å². The van der Waals surface area contributed by atoms with Gasteiger partial charge in [-0.25, -0.2) is 13.6 Å². The molecule has 0 spiro atoms. The van der Waals surface area contributed by atoms with Crippen molar-refractivity contribution in [3.8, 4) is 0 Å². The zero-order valence-corrected chi connectivity index (χ0v) is 11.8. The Labute approximate surface area is 113 Å². The van der Waals surface area contributed by atoms with E-state index in [1.165, 1.54) is 12.1 Å². The van der Waals surface area contributed by atoms with Crippen molar-refractivity contribution in [3.63, 3.8) is 0 Å². The van der Waals surface area contributed by atoms with Gasteiger partial charge < -0.3 is 16.0 Å². The highest BCUT2D eigenvalue weighted by atomic mass is 32.2. The molecule has 1 fully saturated rings. The second-order valence-corrected chi connectivity index (χ2v) is 6.60. The molecule has 6 nitrogen and oxygen atoms in total. The molecule has 1 heterocycles. The summed E-state index contributed by atoms with van der Waals surface area (Å²) in [5.41, 5.74) is 7.03. The minimum atomic E-state index is -3.70. The van der Waals surface area contributed by atoms with Crippen molar-refractivity contribution in [3.05, 3.63) is 18.2 Å². The summed E-state index contributed by atoms with van der Waals surface area (Å²) in [4.78, 5) is 2.30. The Bertz CT molecular complexity index is 559. The van der Waals surface area contributed by atoms with Crippen molar-refractivity contribution < 1.29 is 8.42 Å². The fraction of sp³-hybridized carbons (Fsp3) is 0.500. The summed E-state index contributed by atoms with van der Waals surface area (Å²) in [7, 11) is -1.62. The molecular formula is C12H20N4O2S. The first-order chi connectivity index (χ1) is 8.86. The highest BCUT2D eigenvalue weighted by Gasteiger charge is 2.18. The summed E-state index contributed by atoms with van der Waals surface area (Å²) in [5, 5.41) is 8.42. The predicted molar refractivity (Wildman–Crippen MR) is 76.4 cm³/mol. The van der Waals surface area contributed by atoms with Crippen molar-refractivity contribution in [1.29, 1.82) is 0 Å². The Hall–Kier alpha value is -1.31. The Kier molecular flexibility index (Phi) is 3.98. The van der Waals surface area contributed by atoms with Gasteiger partial charge in [0.2, 0.25) is 10.0 Å². The largest absolute Gasteiger partial charge is 0.397 e. The van der Waals surface area contributed by atoms with Crippen LogP contribution in [0.25, 0.3) is 0 Å². The molecule has 0 amide bonds. The van der Waals surface area contributed by atoms with Crippen LogP contribution in [-0.2, 0) is 10.0 Å². The lowest BCUT2D eigenvalue weighted by molar-refractivity contribution is 0.261. The lowest BCUT2D eigenvalue weighted by atomic mass is 10.1. The molecule has 0 radical (unpaired) electrons. The number of nitrogens with zero attached hydrogens (tertiary/aromatic N) is 1. The standard InChI is InChI=1S/C12H20N4O2S/c1-16-6-2-3-9(8-16)15-12-5-4-10(7-11(12)13)19(14,17)18/h4-5,7,9,15H,2-3,6,8,13H2,1H3,(H2,14,17,18). The van der Waals surface area contributed by atoms with Gasteiger partial charge in [0.15, 0.2) is 0 Å². The van der Waals surface area contributed by atoms with E-state index in [1.807, 2.05) is 0 Å². The quantitative estimate of drug-likeness (QED) is 0.698. The molecule has 0 saturated carbocycles. The molecule has 19 heavy (non-hydrogen) atoms. The first-order valence-electron chi connectivity index (χ1n) is 6.23. The average Bonchev–Trinajstić information content (AvgIpc) is 2.30. The first kappa shape index (κ1) is 14.1. The van der Waals surface area contributed by atoms with Gasteiger partial charge in [0.05, 0.1) is 16.3 Å². The summed E-state index contributed by atoms with van der Waals surface area (Å²) in [6.45, 7) is 2.06. The van der Waals surface area contributed by atoms with Crippen LogP contribution in [0.15, 0.2) is 23.1 Å². The van der Waals surface area contributed by atoms with Gasteiger partial charge in [-0.15, -0.1) is 0 Å². The maximum atomic E-state index is 11.2. The van der Waals surface area contributed by atoms with Crippen LogP contribution >= 0.6 is 0 Å². The van der Waals surface area contributed by atoms with Gasteiger partial charge in [0, 0.05) is 12.6 Å². The highest BCUT2D eigenvalue weighted by Crippen LogP contribution is 2.24. The lowest BCUT2D eigenvalue weighted by Crippen LogP contribution is -2.39. The number of hydrogen-bond acceptors (Lipinski definition) is 5. The molecule has 1 aliphatic rings. The van der Waals surface area contributed by atoms with E-state index in [9.17, 15) is 8.42 Å². The number of rotatable bonds is 3. The third-order valence-electron chi connectivity index (χ3n) is 3.34. The molecule has 7 heteroatoms. The summed E-state index contributed by atoms with van der Waals surface area (Å²) in [6, 6.07) is 4.87. The zero-order chi connectivity index (χ0) is 14.0. The van der Waals surface area contributed by atoms with E-state index in [0.717, 1.165) is 31.6 Å². The maximum Gasteiger partial charge on any atom is 0.238 e. The number of likely N-dealkylation sites (tertiary alicyclic amines) is 1. The van der Waals surface area contributed by atoms with E-state index >= 15 is 0 Å². The van der Waals surface area contributed by atoms with Crippen LogP contribution < -0.4 is 16.2 Å². The van der Waals surface area contributed by atoms with Crippen molar-refractivity contribution >= 4 is 21.4 Å². The van der Waals surface area contributed by atoms with Crippen molar-refractivity contribution in [2.75, 3.05) is 31.2 Å². The summed E-state index contributed by atoms with van der Waals surface area (Å²) in [5.74, 6) is 0. The Morgan fingerprint density at radius 3 is 2.74 bits per heavy atom. The number of sulfonamides is 1. The fourth-order valence-electron chi connectivity index (χ4n) is 2.35. The van der Waals surface area contributed by atoms with Crippen LogP contribution in [0.5, 0.6) is 0 Å². The van der Waals surface area contributed by atoms with Crippen molar-refractivity contribution in [2.45, 2.75) is 23.8 Å². The van der Waals surface area contributed by atoms with Crippen LogP contribution in [0.4, 0.5) is 11.4 Å². The second kappa shape index (κ2) is 5.36. The molecule has 1 atom stereocenters. The van der Waals surface area contributed by atoms with E-state index in [1.54, 1.807) is 6.07 Å². The number of likely N-dealkylation sites (N-methyl/N-ethyl adjacent to an activating group) is 1. The number of benzene rings is 1. The van der Waals surface area contributed by atoms with Gasteiger partial charge in [-0.1, -0.05) is 0 Å². The van der Waals surface area contributed by atoms with Crippen LogP contribution in [0.1, 0.15) is 12.8 Å². The van der Waals surface area contributed by atoms with E-state index in [0.29, 0.717) is 11.7 Å². The molecule has 0 aromatic heterocycles. The van der Waals surface area contributed by atoms with E-state index in [2.05, 4.69) is 17.3 Å². The number of primary sulfonamides is 1. The van der Waals surface area contributed by atoms with E-state index < -0.39 is 10.0 Å². The highest BCUT2D eigenvalue weighted by molar-refractivity contribution is 7.89. The van der Waals surface area contributed by atoms with Gasteiger partial charge in [0.1, 0.15) is 0 Å². The molecule has 1 unspecified atom stereocenters. The average molecular weight is 284 g/mol. The smallest absolute Gasteiger partial charge is 0.238 e. The van der Waals surface area contributed by atoms with E-state index in [-0.39, 0.29) is 4.90 Å². The fourth-order valence-corrected chi connectivity index (χ4v) is 2.90. The third-order valence-corrected chi connectivity index (χ3v) is 4.25. The monoisotopic (exact) mass is 284 g/mol. The van der Waals surface area contributed by atoms with Gasteiger partial charge in [-0.2, -0.15) is 0 Å². The summed E-state index contributed by atoms with van der Waals surface area (Å²) < 4.78 is 22.4. The van der Waals surface area contributed by atoms with Gasteiger partial charge in [-0.3, -0.25) is 0 Å². The Balaban J connectivity index is 2.13. The van der Waals surface area contributed by atoms with Crippen molar-refractivity contribution in [2.24, 2.45) is 5.14 Å². The number of anilines is 2. The van der Waals surface area contributed by atoms with Gasteiger partial charge in [0.25, 0.3) is 0 Å². The van der Waals surface area contributed by atoms with Gasteiger partial charge in [-0.05, 0) is 44.6 Å². The molecule has 2 rings (SSSR count). The normalized spacial score (nSPS) is 21.3. The van der Waals surface area contributed by atoms with Crippen LogP contribution in [-0.4, -0.2) is 39.5 Å². The van der Waals surface area contributed by atoms with E-state index in [4.69, 9.17) is 10.9 Å². The molecule has 0 aliphatic carbocycles. The Morgan fingerprint density at radius 1 is 1.42 bits per heavy atom. The second-order valence-electron chi connectivity index (χ2n) is 5.04. The minimum Gasteiger partial charge on any atom is -0.397 e. The maximum absolute atomic E-state index is 11.2. The molecule has 1 aliphatic heterocycles. The molecule has 0 bridgehead atoms. The molecular weight excluding hydrogens is 264 g/mol. The van der Waals surface area contributed by atoms with Crippen LogP contribution in [0, 0.1) is 0 Å². The minimum absolute atomic E-state index is 0.0383. The summed E-state index contributed by atoms with van der Waals surface area (Å²) in [6.07, 6.45) is 2.23. The molecule has 5 N–H and O–H groups in total. The van der Waals surface area contributed by atoms with Crippen molar-refractivity contribution in [1.82, 2.24) is 4.90 Å². The first-order valence-corrected chi connectivity index (χ1v) is 7.78. The van der Waals surface area contributed by atoms with Gasteiger partial charge >= 0.3 is 0 Å². The molecule has 1 aromatic rings. The molecule has 106 valence electrons. The number of nitrogens with one attached hydrogen (secondary N) is 1. The predicted octanol–water partition coefficient (Wildman–Crippen LogP) is 0.422. The summed E-state index contributed by atoms with van der Waals surface area (Å²) >= 11 is 0. The molecule has 1 aromatic carbocycles. The third kappa shape index (κ3) is 3.59. The molecule has 1 saturated heterocycles. The SMILES string of the molecule is CN1CCCC(Nc2ccc(S(N)(=O)=O)cc2N)C1. The van der Waals surface area contributed by atoms with Crippen LogP contribution in [0.3, 0.4) is 0 Å². The lowest BCUT2D eigenvalue weighted by Gasteiger charge is -2.31. The van der Waals surface area contributed by atoms with Crippen LogP contribution in [0.2, 0.25) is 0 Å². The number of nitrogen functional groups attached to an aromatic ring is 1. The number of hydrogen-bond donors (Lipinski definition) is 3. The Morgan fingerprint density at radius 2 is 2.16 bits per heavy atom. The number of nitrogens with two attached hydrogens (primary N) is 2. The zero-order valence-electron chi connectivity index (χ0n) is 11.0.